The minimum Gasteiger partial charge on any atom is -0.341 e. The Hall–Kier alpha value is -1.40. The zero-order valence-corrected chi connectivity index (χ0v) is 14.3. The van der Waals surface area contributed by atoms with Crippen molar-refractivity contribution in [3.05, 3.63) is 29.3 Å². The summed E-state index contributed by atoms with van der Waals surface area (Å²) in [7, 11) is -3.49. The van der Waals surface area contributed by atoms with Crippen molar-refractivity contribution in [2.45, 2.75) is 38.5 Å². The highest BCUT2D eigenvalue weighted by atomic mass is 32.2. The quantitative estimate of drug-likeness (QED) is 0.854. The van der Waals surface area contributed by atoms with Gasteiger partial charge in [-0.25, -0.2) is 8.42 Å². The smallest absolute Gasteiger partial charge is 0.243 e. The third-order valence-electron chi connectivity index (χ3n) is 4.06. The van der Waals surface area contributed by atoms with Crippen molar-refractivity contribution in [1.82, 2.24) is 9.21 Å². The fourth-order valence-corrected chi connectivity index (χ4v) is 4.51. The lowest BCUT2D eigenvalue weighted by Crippen LogP contribution is -2.37. The van der Waals surface area contributed by atoms with Crippen LogP contribution in [0.1, 0.15) is 30.9 Å². The molecule has 122 valence electrons. The topological polar surface area (TPSA) is 57.7 Å². The van der Waals surface area contributed by atoms with E-state index in [2.05, 4.69) is 0 Å². The maximum atomic E-state index is 12.8. The zero-order chi connectivity index (χ0) is 16.3. The molecule has 1 aromatic carbocycles. The van der Waals surface area contributed by atoms with E-state index in [1.807, 2.05) is 32.9 Å². The van der Waals surface area contributed by atoms with E-state index in [-0.39, 0.29) is 5.91 Å². The molecular formula is C16H24N2O3S. The molecule has 1 aromatic rings. The van der Waals surface area contributed by atoms with E-state index in [0.717, 1.165) is 11.1 Å². The number of benzene rings is 1. The van der Waals surface area contributed by atoms with E-state index < -0.39 is 10.0 Å². The lowest BCUT2D eigenvalue weighted by atomic mass is 10.2. The molecule has 1 aliphatic rings. The van der Waals surface area contributed by atoms with Crippen molar-refractivity contribution in [2.75, 3.05) is 26.2 Å². The second-order valence-corrected chi connectivity index (χ2v) is 7.67. The summed E-state index contributed by atoms with van der Waals surface area (Å²) in [6, 6.07) is 5.39. The molecule has 2 rings (SSSR count). The number of hydrogen-bond donors (Lipinski definition) is 0. The van der Waals surface area contributed by atoms with Gasteiger partial charge in [0.1, 0.15) is 0 Å². The highest BCUT2D eigenvalue weighted by Crippen LogP contribution is 2.22. The molecule has 0 N–H and O–H groups in total. The van der Waals surface area contributed by atoms with Gasteiger partial charge < -0.3 is 4.90 Å². The summed E-state index contributed by atoms with van der Waals surface area (Å²) in [4.78, 5) is 13.9. The van der Waals surface area contributed by atoms with Crippen molar-refractivity contribution in [3.63, 3.8) is 0 Å². The van der Waals surface area contributed by atoms with Crippen LogP contribution >= 0.6 is 0 Å². The summed E-state index contributed by atoms with van der Waals surface area (Å²) < 4.78 is 27.2. The van der Waals surface area contributed by atoms with Crippen LogP contribution in [-0.2, 0) is 14.8 Å². The molecule has 0 aliphatic carbocycles. The highest BCUT2D eigenvalue weighted by Gasteiger charge is 2.28. The van der Waals surface area contributed by atoms with Crippen LogP contribution in [0.3, 0.4) is 0 Å². The molecule has 22 heavy (non-hydrogen) atoms. The van der Waals surface area contributed by atoms with Gasteiger partial charge in [-0.3, -0.25) is 4.79 Å². The van der Waals surface area contributed by atoms with Crippen molar-refractivity contribution in [3.8, 4) is 0 Å². The Labute approximate surface area is 133 Å². The lowest BCUT2D eigenvalue weighted by molar-refractivity contribution is -0.130. The molecule has 1 saturated heterocycles. The molecule has 1 heterocycles. The van der Waals surface area contributed by atoms with Gasteiger partial charge in [0.05, 0.1) is 4.90 Å². The van der Waals surface area contributed by atoms with Gasteiger partial charge in [0.2, 0.25) is 15.9 Å². The first-order chi connectivity index (χ1) is 10.4. The standard InChI is InChI=1S/C16H24N2O3S/c1-4-16(19)17-8-5-9-18(11-10-17)22(20,21)15-7-6-13(2)12-14(15)3/h6-7,12H,4-5,8-11H2,1-3H3. The van der Waals surface area contributed by atoms with Crippen molar-refractivity contribution in [2.24, 2.45) is 0 Å². The second kappa shape index (κ2) is 6.79. The Balaban J connectivity index is 2.21. The summed E-state index contributed by atoms with van der Waals surface area (Å²) in [6.07, 6.45) is 1.14. The minimum atomic E-state index is -3.49. The molecule has 0 atom stereocenters. The number of sulfonamides is 1. The Morgan fingerprint density at radius 2 is 1.86 bits per heavy atom. The van der Waals surface area contributed by atoms with Gasteiger partial charge in [0.15, 0.2) is 0 Å². The van der Waals surface area contributed by atoms with Gasteiger partial charge in [-0.05, 0) is 31.9 Å². The molecule has 0 aromatic heterocycles. The number of carbonyl (C=O) groups excluding carboxylic acids is 1. The van der Waals surface area contributed by atoms with Gasteiger partial charge >= 0.3 is 0 Å². The van der Waals surface area contributed by atoms with Gasteiger partial charge in [-0.2, -0.15) is 4.31 Å². The summed E-state index contributed by atoms with van der Waals surface area (Å²) in [5, 5.41) is 0. The average molecular weight is 324 g/mol. The number of carbonyl (C=O) groups is 1. The third kappa shape index (κ3) is 3.50. The molecule has 1 aliphatic heterocycles. The van der Waals surface area contributed by atoms with Crippen LogP contribution in [0.25, 0.3) is 0 Å². The van der Waals surface area contributed by atoms with Crippen LogP contribution in [0.2, 0.25) is 0 Å². The van der Waals surface area contributed by atoms with E-state index >= 15 is 0 Å². The Morgan fingerprint density at radius 3 is 2.50 bits per heavy atom. The van der Waals surface area contributed by atoms with Crippen LogP contribution in [0.4, 0.5) is 0 Å². The van der Waals surface area contributed by atoms with Gasteiger partial charge in [-0.1, -0.05) is 24.6 Å². The summed E-state index contributed by atoms with van der Waals surface area (Å²) >= 11 is 0. The van der Waals surface area contributed by atoms with E-state index in [1.165, 1.54) is 4.31 Å². The molecule has 1 fully saturated rings. The van der Waals surface area contributed by atoms with Crippen LogP contribution in [0, 0.1) is 13.8 Å². The van der Waals surface area contributed by atoms with Crippen LogP contribution < -0.4 is 0 Å². The molecule has 0 unspecified atom stereocenters. The average Bonchev–Trinajstić information content (AvgIpc) is 2.72. The van der Waals surface area contributed by atoms with E-state index in [1.54, 1.807) is 11.0 Å². The lowest BCUT2D eigenvalue weighted by Gasteiger charge is -2.22. The van der Waals surface area contributed by atoms with Gasteiger partial charge in [0, 0.05) is 32.6 Å². The second-order valence-electron chi connectivity index (χ2n) is 5.76. The fourth-order valence-electron chi connectivity index (χ4n) is 2.83. The third-order valence-corrected chi connectivity index (χ3v) is 6.12. The summed E-state index contributed by atoms with van der Waals surface area (Å²) in [6.45, 7) is 7.53. The first-order valence-electron chi connectivity index (χ1n) is 7.71. The predicted molar refractivity (Wildman–Crippen MR) is 86.2 cm³/mol. The predicted octanol–water partition coefficient (Wildman–Crippen LogP) is 1.94. The van der Waals surface area contributed by atoms with E-state index in [4.69, 9.17) is 0 Å². The van der Waals surface area contributed by atoms with Crippen LogP contribution in [0.5, 0.6) is 0 Å². The zero-order valence-electron chi connectivity index (χ0n) is 13.5. The molecule has 0 bridgehead atoms. The Bertz CT molecular complexity index is 655. The van der Waals surface area contributed by atoms with E-state index in [9.17, 15) is 13.2 Å². The maximum absolute atomic E-state index is 12.8. The number of aryl methyl sites for hydroxylation is 2. The summed E-state index contributed by atoms with van der Waals surface area (Å²) in [5.74, 6) is 0.0887. The number of hydrogen-bond acceptors (Lipinski definition) is 3. The minimum absolute atomic E-state index is 0.0887. The highest BCUT2D eigenvalue weighted by molar-refractivity contribution is 7.89. The molecule has 0 radical (unpaired) electrons. The monoisotopic (exact) mass is 324 g/mol. The number of amides is 1. The number of nitrogens with zero attached hydrogens (tertiary/aromatic N) is 2. The summed E-state index contributed by atoms with van der Waals surface area (Å²) in [5.41, 5.74) is 1.82. The van der Waals surface area contributed by atoms with Crippen molar-refractivity contribution < 1.29 is 13.2 Å². The molecular weight excluding hydrogens is 300 g/mol. The largest absolute Gasteiger partial charge is 0.341 e. The van der Waals surface area contributed by atoms with Crippen molar-refractivity contribution >= 4 is 15.9 Å². The first-order valence-corrected chi connectivity index (χ1v) is 9.15. The van der Waals surface area contributed by atoms with Crippen molar-refractivity contribution in [1.29, 1.82) is 0 Å². The molecule has 1 amide bonds. The van der Waals surface area contributed by atoms with Crippen LogP contribution in [0.15, 0.2) is 23.1 Å². The molecule has 6 heteroatoms. The maximum Gasteiger partial charge on any atom is 0.243 e. The SMILES string of the molecule is CCC(=O)N1CCCN(S(=O)(=O)c2ccc(C)cc2C)CC1. The number of rotatable bonds is 3. The van der Waals surface area contributed by atoms with E-state index in [0.29, 0.717) is 43.9 Å². The molecule has 0 spiro atoms. The first kappa shape index (κ1) is 17.0. The fraction of sp³-hybridized carbons (Fsp3) is 0.562. The van der Waals surface area contributed by atoms with Gasteiger partial charge in [0.25, 0.3) is 0 Å². The molecule has 5 nitrogen and oxygen atoms in total. The van der Waals surface area contributed by atoms with Crippen LogP contribution in [-0.4, -0.2) is 49.7 Å². The Morgan fingerprint density at radius 1 is 1.14 bits per heavy atom. The normalized spacial score (nSPS) is 17.3. The molecule has 0 saturated carbocycles. The van der Waals surface area contributed by atoms with Gasteiger partial charge in [-0.15, -0.1) is 0 Å². The Kier molecular flexibility index (Phi) is 5.24.